The average molecular weight is 492 g/mol. The molecule has 3 aromatic carbocycles. The lowest BCUT2D eigenvalue weighted by molar-refractivity contribution is 0.412. The molecule has 0 amide bonds. The third-order valence-corrected chi connectivity index (χ3v) is 6.50. The van der Waals surface area contributed by atoms with Crippen LogP contribution in [-0.2, 0) is 5.75 Å². The molecular weight excluding hydrogens is 474 g/mol. The van der Waals surface area contributed by atoms with Crippen LogP contribution >= 0.6 is 27.7 Å². The van der Waals surface area contributed by atoms with Gasteiger partial charge in [-0.15, -0.1) is 10.2 Å². The van der Waals surface area contributed by atoms with Crippen molar-refractivity contribution in [1.29, 1.82) is 0 Å². The van der Waals surface area contributed by atoms with E-state index in [4.69, 9.17) is 9.15 Å². The van der Waals surface area contributed by atoms with Gasteiger partial charge in [0.1, 0.15) is 11.3 Å². The quantitative estimate of drug-likeness (QED) is 0.246. The largest absolute Gasteiger partial charge is 0.496 e. The molecule has 0 saturated carbocycles. The SMILES string of the molecule is COc1ccc(CSc2nnc(-c3cc4ccccc4o3)n2-c2ccccc2)cc1Br. The van der Waals surface area contributed by atoms with Crippen molar-refractivity contribution in [2.24, 2.45) is 0 Å². The molecule has 0 spiro atoms. The number of hydrogen-bond donors (Lipinski definition) is 0. The van der Waals surface area contributed by atoms with E-state index in [0.29, 0.717) is 11.6 Å². The molecule has 0 atom stereocenters. The van der Waals surface area contributed by atoms with Crippen molar-refractivity contribution in [1.82, 2.24) is 14.8 Å². The fraction of sp³-hybridized carbons (Fsp3) is 0.0833. The van der Waals surface area contributed by atoms with Gasteiger partial charge in [0.25, 0.3) is 0 Å². The van der Waals surface area contributed by atoms with Gasteiger partial charge < -0.3 is 9.15 Å². The van der Waals surface area contributed by atoms with Crippen molar-refractivity contribution >= 4 is 38.7 Å². The third kappa shape index (κ3) is 3.98. The number of hydrogen-bond acceptors (Lipinski definition) is 5. The van der Waals surface area contributed by atoms with E-state index in [2.05, 4.69) is 38.3 Å². The summed E-state index contributed by atoms with van der Waals surface area (Å²) >= 11 is 5.18. The van der Waals surface area contributed by atoms with Crippen LogP contribution in [0.5, 0.6) is 5.75 Å². The lowest BCUT2D eigenvalue weighted by Gasteiger charge is -2.10. The van der Waals surface area contributed by atoms with Gasteiger partial charge in [0, 0.05) is 16.8 Å². The first kappa shape index (κ1) is 19.9. The summed E-state index contributed by atoms with van der Waals surface area (Å²) in [4.78, 5) is 0. The molecule has 7 heteroatoms. The Morgan fingerprint density at radius 1 is 0.968 bits per heavy atom. The number of halogens is 1. The Bertz CT molecular complexity index is 1310. The second-order valence-corrected chi connectivity index (χ2v) is 8.68. The van der Waals surface area contributed by atoms with Crippen LogP contribution in [-0.4, -0.2) is 21.9 Å². The normalized spacial score (nSPS) is 11.2. The van der Waals surface area contributed by atoms with Gasteiger partial charge in [-0.2, -0.15) is 0 Å². The highest BCUT2D eigenvalue weighted by Crippen LogP contribution is 2.33. The van der Waals surface area contributed by atoms with Crippen molar-refractivity contribution < 1.29 is 9.15 Å². The molecule has 2 aromatic heterocycles. The number of fused-ring (bicyclic) bond motifs is 1. The molecule has 2 heterocycles. The number of methoxy groups -OCH3 is 1. The van der Waals surface area contributed by atoms with Crippen LogP contribution in [0, 0.1) is 0 Å². The van der Waals surface area contributed by atoms with Crippen molar-refractivity contribution in [3.8, 4) is 23.0 Å². The van der Waals surface area contributed by atoms with Crippen molar-refractivity contribution in [3.63, 3.8) is 0 Å². The van der Waals surface area contributed by atoms with Crippen LogP contribution in [0.2, 0.25) is 0 Å². The van der Waals surface area contributed by atoms with E-state index in [-0.39, 0.29) is 0 Å². The molecule has 0 fully saturated rings. The molecule has 0 N–H and O–H groups in total. The van der Waals surface area contributed by atoms with E-state index in [9.17, 15) is 0 Å². The van der Waals surface area contributed by atoms with Crippen molar-refractivity contribution in [2.75, 3.05) is 7.11 Å². The first-order valence-electron chi connectivity index (χ1n) is 9.68. The van der Waals surface area contributed by atoms with Crippen LogP contribution in [0.4, 0.5) is 0 Å². The maximum absolute atomic E-state index is 6.08. The lowest BCUT2D eigenvalue weighted by atomic mass is 10.2. The third-order valence-electron chi connectivity index (χ3n) is 4.88. The molecule has 5 rings (SSSR count). The number of aromatic nitrogens is 3. The van der Waals surface area contributed by atoms with E-state index in [1.807, 2.05) is 71.3 Å². The summed E-state index contributed by atoms with van der Waals surface area (Å²) in [5.74, 6) is 2.93. The summed E-state index contributed by atoms with van der Waals surface area (Å²) in [7, 11) is 1.66. The number of furan rings is 1. The molecular formula is C24H18BrN3O2S. The minimum atomic E-state index is 0.681. The van der Waals surface area contributed by atoms with Crippen LogP contribution < -0.4 is 4.74 Å². The minimum absolute atomic E-state index is 0.681. The zero-order valence-corrected chi connectivity index (χ0v) is 19.1. The van der Waals surface area contributed by atoms with Gasteiger partial charge in [-0.3, -0.25) is 4.57 Å². The van der Waals surface area contributed by atoms with Crippen LogP contribution in [0.1, 0.15) is 5.56 Å². The Morgan fingerprint density at radius 2 is 1.77 bits per heavy atom. The van der Waals surface area contributed by atoms with E-state index in [1.54, 1.807) is 18.9 Å². The fourth-order valence-corrected chi connectivity index (χ4v) is 4.86. The lowest BCUT2D eigenvalue weighted by Crippen LogP contribution is -1.99. The summed E-state index contributed by atoms with van der Waals surface area (Å²) in [6.07, 6.45) is 0. The summed E-state index contributed by atoms with van der Waals surface area (Å²) in [6, 6.07) is 26.1. The highest BCUT2D eigenvalue weighted by atomic mass is 79.9. The number of para-hydroxylation sites is 2. The zero-order valence-electron chi connectivity index (χ0n) is 16.7. The number of nitrogens with zero attached hydrogens (tertiary/aromatic N) is 3. The molecule has 154 valence electrons. The summed E-state index contributed by atoms with van der Waals surface area (Å²) < 4.78 is 14.4. The molecule has 5 aromatic rings. The Labute approximate surface area is 192 Å². The highest BCUT2D eigenvalue weighted by molar-refractivity contribution is 9.10. The molecule has 31 heavy (non-hydrogen) atoms. The van der Waals surface area contributed by atoms with E-state index < -0.39 is 0 Å². The summed E-state index contributed by atoms with van der Waals surface area (Å²) in [6.45, 7) is 0. The molecule has 0 aliphatic heterocycles. The molecule has 0 aliphatic carbocycles. The van der Waals surface area contributed by atoms with E-state index in [0.717, 1.165) is 43.4 Å². The Hall–Kier alpha value is -3.03. The maximum atomic E-state index is 6.08. The molecule has 0 saturated heterocycles. The number of benzene rings is 3. The van der Waals surface area contributed by atoms with Crippen molar-refractivity contribution in [3.05, 3.63) is 88.9 Å². The molecule has 5 nitrogen and oxygen atoms in total. The monoisotopic (exact) mass is 491 g/mol. The molecule has 0 unspecified atom stereocenters. The standard InChI is InChI=1S/C24H18BrN3O2S/c1-29-21-12-11-16(13-19(21)25)15-31-24-27-26-23(28(24)18-8-3-2-4-9-18)22-14-17-7-5-6-10-20(17)30-22/h2-14H,15H2,1H3. The van der Waals surface area contributed by atoms with Gasteiger partial charge in [-0.05, 0) is 57.9 Å². The highest BCUT2D eigenvalue weighted by Gasteiger charge is 2.19. The predicted molar refractivity (Wildman–Crippen MR) is 127 cm³/mol. The number of ether oxygens (including phenoxy) is 1. The molecule has 0 bridgehead atoms. The topological polar surface area (TPSA) is 53.1 Å². The Morgan fingerprint density at radius 3 is 2.55 bits per heavy atom. The molecule has 0 aliphatic rings. The van der Waals surface area contributed by atoms with Crippen LogP contribution in [0.15, 0.2) is 92.9 Å². The first-order chi connectivity index (χ1) is 15.2. The zero-order chi connectivity index (χ0) is 21.2. The van der Waals surface area contributed by atoms with Gasteiger partial charge in [0.2, 0.25) is 5.82 Å². The first-order valence-corrected chi connectivity index (χ1v) is 11.5. The number of thioether (sulfide) groups is 1. The predicted octanol–water partition coefficient (Wildman–Crippen LogP) is 6.74. The second-order valence-electron chi connectivity index (χ2n) is 6.88. The minimum Gasteiger partial charge on any atom is -0.496 e. The van der Waals surface area contributed by atoms with E-state index >= 15 is 0 Å². The fourth-order valence-electron chi connectivity index (χ4n) is 3.37. The number of rotatable bonds is 6. The van der Waals surface area contributed by atoms with Gasteiger partial charge in [-0.25, -0.2) is 0 Å². The van der Waals surface area contributed by atoms with Gasteiger partial charge in [-0.1, -0.05) is 54.2 Å². The second kappa shape index (κ2) is 8.61. The van der Waals surface area contributed by atoms with Crippen LogP contribution in [0.25, 0.3) is 28.2 Å². The van der Waals surface area contributed by atoms with Crippen molar-refractivity contribution in [2.45, 2.75) is 10.9 Å². The average Bonchev–Trinajstić information content (AvgIpc) is 3.42. The summed E-state index contributed by atoms with van der Waals surface area (Å²) in [5.41, 5.74) is 2.98. The van der Waals surface area contributed by atoms with Gasteiger partial charge in [0.05, 0.1) is 11.6 Å². The Kier molecular flexibility index (Phi) is 5.53. The van der Waals surface area contributed by atoms with Gasteiger partial charge in [0.15, 0.2) is 10.9 Å². The van der Waals surface area contributed by atoms with Crippen LogP contribution in [0.3, 0.4) is 0 Å². The van der Waals surface area contributed by atoms with E-state index in [1.165, 1.54) is 0 Å². The Balaban J connectivity index is 1.52. The summed E-state index contributed by atoms with van der Waals surface area (Å²) in [5, 5.41) is 10.8. The molecule has 0 radical (unpaired) electrons. The smallest absolute Gasteiger partial charge is 0.205 e. The maximum Gasteiger partial charge on any atom is 0.205 e. The van der Waals surface area contributed by atoms with Gasteiger partial charge >= 0.3 is 0 Å².